The average molecular weight is 205 g/mol. The van der Waals surface area contributed by atoms with Gasteiger partial charge in [0.05, 0.1) is 0 Å². The third kappa shape index (κ3) is 3.20. The van der Waals surface area contributed by atoms with Crippen molar-refractivity contribution in [1.29, 1.82) is 0 Å². The zero-order valence-electron chi connectivity index (χ0n) is 8.82. The third-order valence-electron chi connectivity index (χ3n) is 2.05. The highest BCUT2D eigenvalue weighted by atomic mass is 16.4. The summed E-state index contributed by atoms with van der Waals surface area (Å²) in [5.74, 6) is -2.09. The molecule has 0 unspecified atom stereocenters. The SMILES string of the molecule is CC(C)Cc1ccc(C(=O)C(=O)[O-])cc1. The molecule has 0 N–H and O–H groups in total. The van der Waals surface area contributed by atoms with E-state index in [0.717, 1.165) is 12.0 Å². The number of aliphatic carboxylic acids is 1. The molecule has 0 aliphatic heterocycles. The standard InChI is InChI=1S/C12H14O3/c1-8(2)7-9-3-5-10(6-4-9)11(13)12(14)15/h3-6,8H,7H2,1-2H3,(H,14,15)/p-1. The number of carboxylic acid groups (broad SMARTS) is 1. The molecule has 1 aromatic carbocycles. The molecule has 1 aromatic rings. The fraction of sp³-hybridized carbons (Fsp3) is 0.333. The largest absolute Gasteiger partial charge is 0.541 e. The lowest BCUT2D eigenvalue weighted by Crippen LogP contribution is -2.31. The van der Waals surface area contributed by atoms with E-state index in [-0.39, 0.29) is 5.56 Å². The highest BCUT2D eigenvalue weighted by Gasteiger charge is 2.06. The predicted molar refractivity (Wildman–Crippen MR) is 54.3 cm³/mol. The normalized spacial score (nSPS) is 10.3. The minimum atomic E-state index is -1.66. The fourth-order valence-electron chi connectivity index (χ4n) is 1.38. The third-order valence-corrected chi connectivity index (χ3v) is 2.05. The number of Topliss-reactive ketones (excluding diaryl/α,β-unsaturated/α-hetero) is 1. The van der Waals surface area contributed by atoms with Crippen LogP contribution < -0.4 is 5.11 Å². The highest BCUT2D eigenvalue weighted by molar-refractivity contribution is 6.38. The molecule has 0 atom stereocenters. The number of rotatable bonds is 4. The van der Waals surface area contributed by atoms with Crippen LogP contribution in [-0.2, 0) is 11.2 Å². The van der Waals surface area contributed by atoms with Gasteiger partial charge in [0.15, 0.2) is 0 Å². The molecule has 0 heterocycles. The van der Waals surface area contributed by atoms with Crippen molar-refractivity contribution in [3.63, 3.8) is 0 Å². The Morgan fingerprint density at radius 1 is 1.20 bits per heavy atom. The number of benzene rings is 1. The fourth-order valence-corrected chi connectivity index (χ4v) is 1.38. The van der Waals surface area contributed by atoms with Gasteiger partial charge in [-0.15, -0.1) is 0 Å². The van der Waals surface area contributed by atoms with E-state index in [2.05, 4.69) is 13.8 Å². The second-order valence-electron chi connectivity index (χ2n) is 3.91. The summed E-state index contributed by atoms with van der Waals surface area (Å²) in [6, 6.07) is 6.60. The van der Waals surface area contributed by atoms with Crippen molar-refractivity contribution in [2.45, 2.75) is 20.3 Å². The molecular weight excluding hydrogens is 192 g/mol. The maximum atomic E-state index is 11.0. The van der Waals surface area contributed by atoms with Gasteiger partial charge < -0.3 is 9.90 Å². The van der Waals surface area contributed by atoms with Crippen LogP contribution in [0, 0.1) is 5.92 Å². The van der Waals surface area contributed by atoms with E-state index >= 15 is 0 Å². The van der Waals surface area contributed by atoms with Gasteiger partial charge in [-0.2, -0.15) is 0 Å². The van der Waals surface area contributed by atoms with E-state index in [1.807, 2.05) is 0 Å². The van der Waals surface area contributed by atoms with Crippen molar-refractivity contribution in [2.24, 2.45) is 5.92 Å². The molecule has 3 nitrogen and oxygen atoms in total. The van der Waals surface area contributed by atoms with E-state index in [4.69, 9.17) is 0 Å². The first-order valence-electron chi connectivity index (χ1n) is 4.85. The number of hydrogen-bond donors (Lipinski definition) is 0. The topological polar surface area (TPSA) is 57.2 Å². The van der Waals surface area contributed by atoms with Crippen LogP contribution >= 0.6 is 0 Å². The zero-order valence-corrected chi connectivity index (χ0v) is 8.82. The van der Waals surface area contributed by atoms with Gasteiger partial charge in [-0.1, -0.05) is 38.1 Å². The quantitative estimate of drug-likeness (QED) is 0.540. The number of carbonyl (C=O) groups is 2. The molecule has 0 saturated heterocycles. The molecule has 0 fully saturated rings. The number of carboxylic acids is 1. The Morgan fingerprint density at radius 3 is 2.13 bits per heavy atom. The van der Waals surface area contributed by atoms with Crippen LogP contribution in [0.4, 0.5) is 0 Å². The van der Waals surface area contributed by atoms with E-state index < -0.39 is 11.8 Å². The highest BCUT2D eigenvalue weighted by Crippen LogP contribution is 2.10. The van der Waals surface area contributed by atoms with Crippen molar-refractivity contribution >= 4 is 11.8 Å². The number of hydrogen-bond acceptors (Lipinski definition) is 3. The minimum Gasteiger partial charge on any atom is -0.541 e. The summed E-state index contributed by atoms with van der Waals surface area (Å²) in [5.41, 5.74) is 1.27. The summed E-state index contributed by atoms with van der Waals surface area (Å²) in [7, 11) is 0. The summed E-state index contributed by atoms with van der Waals surface area (Å²) in [4.78, 5) is 21.3. The molecule has 15 heavy (non-hydrogen) atoms. The lowest BCUT2D eigenvalue weighted by Gasteiger charge is -2.06. The van der Waals surface area contributed by atoms with Gasteiger partial charge in [0.25, 0.3) is 0 Å². The zero-order chi connectivity index (χ0) is 11.4. The van der Waals surface area contributed by atoms with Gasteiger partial charge in [-0.3, -0.25) is 4.79 Å². The van der Waals surface area contributed by atoms with Crippen LogP contribution in [0.2, 0.25) is 0 Å². The molecular formula is C12H13O3-. The molecule has 0 spiro atoms. The lowest BCUT2D eigenvalue weighted by atomic mass is 10.0. The maximum Gasteiger partial charge on any atom is 0.208 e. The Hall–Kier alpha value is -1.64. The van der Waals surface area contributed by atoms with Crippen molar-refractivity contribution in [1.82, 2.24) is 0 Å². The molecule has 0 radical (unpaired) electrons. The Balaban J connectivity index is 2.81. The average Bonchev–Trinajstić information content (AvgIpc) is 2.17. The summed E-state index contributed by atoms with van der Waals surface area (Å²) in [6.07, 6.45) is 0.916. The van der Waals surface area contributed by atoms with E-state index in [1.54, 1.807) is 12.1 Å². The van der Waals surface area contributed by atoms with Gasteiger partial charge in [0.1, 0.15) is 5.97 Å². The van der Waals surface area contributed by atoms with Gasteiger partial charge in [0, 0.05) is 5.56 Å². The van der Waals surface area contributed by atoms with Gasteiger partial charge in [0.2, 0.25) is 5.78 Å². The van der Waals surface area contributed by atoms with Crippen LogP contribution in [0.5, 0.6) is 0 Å². The Kier molecular flexibility index (Phi) is 3.61. The lowest BCUT2D eigenvalue weighted by molar-refractivity contribution is -0.296. The molecule has 0 aliphatic carbocycles. The molecule has 0 aromatic heterocycles. The molecule has 3 heteroatoms. The van der Waals surface area contributed by atoms with E-state index in [0.29, 0.717) is 5.92 Å². The molecule has 0 bridgehead atoms. The number of carbonyl (C=O) groups excluding carboxylic acids is 2. The summed E-state index contributed by atoms with van der Waals surface area (Å²) in [6.45, 7) is 4.19. The van der Waals surface area contributed by atoms with Crippen LogP contribution in [0.1, 0.15) is 29.8 Å². The van der Waals surface area contributed by atoms with Crippen LogP contribution in [0.15, 0.2) is 24.3 Å². The van der Waals surface area contributed by atoms with E-state index in [9.17, 15) is 14.7 Å². The minimum absolute atomic E-state index is 0.169. The molecule has 0 saturated carbocycles. The van der Waals surface area contributed by atoms with Crippen molar-refractivity contribution in [3.8, 4) is 0 Å². The first kappa shape index (κ1) is 11.4. The number of ketones is 1. The van der Waals surface area contributed by atoms with Crippen LogP contribution in [0.25, 0.3) is 0 Å². The summed E-state index contributed by atoms with van der Waals surface area (Å²) < 4.78 is 0. The molecule has 1 rings (SSSR count). The smallest absolute Gasteiger partial charge is 0.208 e. The molecule has 0 amide bonds. The van der Waals surface area contributed by atoms with Crippen molar-refractivity contribution in [3.05, 3.63) is 35.4 Å². The first-order chi connectivity index (χ1) is 7.00. The summed E-state index contributed by atoms with van der Waals surface area (Å²) in [5, 5.41) is 10.3. The Bertz CT molecular complexity index is 363. The first-order valence-corrected chi connectivity index (χ1v) is 4.85. The van der Waals surface area contributed by atoms with Crippen LogP contribution in [-0.4, -0.2) is 11.8 Å². The van der Waals surface area contributed by atoms with E-state index in [1.165, 1.54) is 12.1 Å². The second kappa shape index (κ2) is 4.73. The van der Waals surface area contributed by atoms with Gasteiger partial charge >= 0.3 is 0 Å². The van der Waals surface area contributed by atoms with Crippen LogP contribution in [0.3, 0.4) is 0 Å². The predicted octanol–water partition coefficient (Wildman–Crippen LogP) is 0.818. The molecule has 80 valence electrons. The van der Waals surface area contributed by atoms with Gasteiger partial charge in [-0.25, -0.2) is 0 Å². The second-order valence-corrected chi connectivity index (χ2v) is 3.91. The Morgan fingerprint density at radius 2 is 1.73 bits per heavy atom. The van der Waals surface area contributed by atoms with Crippen molar-refractivity contribution in [2.75, 3.05) is 0 Å². The van der Waals surface area contributed by atoms with Gasteiger partial charge in [-0.05, 0) is 17.9 Å². The van der Waals surface area contributed by atoms with Crippen molar-refractivity contribution < 1.29 is 14.7 Å². The molecule has 0 aliphatic rings. The maximum absolute atomic E-state index is 11.0. The summed E-state index contributed by atoms with van der Waals surface area (Å²) >= 11 is 0. The Labute approximate surface area is 88.7 Å². The monoisotopic (exact) mass is 205 g/mol.